The Labute approximate surface area is 86.8 Å². The van der Waals surface area contributed by atoms with Gasteiger partial charge in [-0.15, -0.1) is 0 Å². The van der Waals surface area contributed by atoms with E-state index in [2.05, 4.69) is 17.3 Å². The highest BCUT2D eigenvalue weighted by Gasteiger charge is 2.32. The summed E-state index contributed by atoms with van der Waals surface area (Å²) in [5.41, 5.74) is 0. The minimum Gasteiger partial charge on any atom is -0.381 e. The first-order valence-corrected chi connectivity index (χ1v) is 5.76. The smallest absolute Gasteiger partial charge is 0.0601 e. The summed E-state index contributed by atoms with van der Waals surface area (Å²) in [6.07, 6.45) is 5.67. The second kappa shape index (κ2) is 4.60. The van der Waals surface area contributed by atoms with Gasteiger partial charge in [-0.05, 0) is 39.3 Å². The third-order valence-corrected chi connectivity index (χ3v) is 3.70. The number of nitrogens with one attached hydrogen (secondary N) is 1. The maximum Gasteiger partial charge on any atom is 0.0601 e. The third-order valence-electron chi connectivity index (χ3n) is 3.70. The van der Waals surface area contributed by atoms with Crippen LogP contribution in [0.4, 0.5) is 0 Å². The van der Waals surface area contributed by atoms with Crippen molar-refractivity contribution < 1.29 is 4.74 Å². The van der Waals surface area contributed by atoms with Gasteiger partial charge < -0.3 is 15.0 Å². The fourth-order valence-corrected chi connectivity index (χ4v) is 2.50. The molecular formula is C11H22N2O. The zero-order valence-electron chi connectivity index (χ0n) is 9.33. The molecule has 1 aliphatic carbocycles. The fraction of sp³-hybridized carbons (Fsp3) is 1.00. The lowest BCUT2D eigenvalue weighted by molar-refractivity contribution is -0.0210. The number of ether oxygens (including phenoxy) is 1. The van der Waals surface area contributed by atoms with E-state index in [0.717, 1.165) is 12.1 Å². The molecule has 0 spiro atoms. The summed E-state index contributed by atoms with van der Waals surface area (Å²) in [5, 5.41) is 3.54. The standard InChI is InChI=1S/C11H22N2O/c1-13(8-9-4-3-5-12-9)10-6-11(7-10)14-2/h9-12H,3-8H2,1-2H3. The van der Waals surface area contributed by atoms with Gasteiger partial charge in [-0.3, -0.25) is 0 Å². The molecule has 1 atom stereocenters. The predicted molar refractivity (Wildman–Crippen MR) is 57.5 cm³/mol. The summed E-state index contributed by atoms with van der Waals surface area (Å²) in [7, 11) is 4.07. The zero-order valence-corrected chi connectivity index (χ0v) is 9.33. The van der Waals surface area contributed by atoms with E-state index >= 15 is 0 Å². The van der Waals surface area contributed by atoms with Crippen LogP contribution in [-0.2, 0) is 4.74 Å². The first-order chi connectivity index (χ1) is 6.79. The van der Waals surface area contributed by atoms with Crippen LogP contribution in [0.3, 0.4) is 0 Å². The Morgan fingerprint density at radius 3 is 2.79 bits per heavy atom. The van der Waals surface area contributed by atoms with Crippen molar-refractivity contribution in [1.82, 2.24) is 10.2 Å². The van der Waals surface area contributed by atoms with Gasteiger partial charge in [-0.25, -0.2) is 0 Å². The molecule has 0 radical (unpaired) electrons. The first kappa shape index (κ1) is 10.4. The zero-order chi connectivity index (χ0) is 9.97. The lowest BCUT2D eigenvalue weighted by Gasteiger charge is -2.41. The van der Waals surface area contributed by atoms with Crippen LogP contribution in [0, 0.1) is 0 Å². The van der Waals surface area contributed by atoms with Gasteiger partial charge >= 0.3 is 0 Å². The van der Waals surface area contributed by atoms with Gasteiger partial charge in [-0.2, -0.15) is 0 Å². The number of hydrogen-bond donors (Lipinski definition) is 1. The molecule has 3 heteroatoms. The van der Waals surface area contributed by atoms with Gasteiger partial charge in [0.1, 0.15) is 0 Å². The van der Waals surface area contributed by atoms with E-state index in [4.69, 9.17) is 4.74 Å². The highest BCUT2D eigenvalue weighted by Crippen LogP contribution is 2.27. The maximum atomic E-state index is 5.29. The van der Waals surface area contributed by atoms with Gasteiger partial charge in [0, 0.05) is 25.7 Å². The number of nitrogens with zero attached hydrogens (tertiary/aromatic N) is 1. The maximum absolute atomic E-state index is 5.29. The van der Waals surface area contributed by atoms with Crippen molar-refractivity contribution in [2.24, 2.45) is 0 Å². The average molecular weight is 198 g/mol. The Kier molecular flexibility index (Phi) is 3.42. The molecule has 2 aliphatic rings. The van der Waals surface area contributed by atoms with Crippen molar-refractivity contribution in [2.75, 3.05) is 27.2 Å². The van der Waals surface area contributed by atoms with E-state index in [0.29, 0.717) is 6.10 Å². The highest BCUT2D eigenvalue weighted by atomic mass is 16.5. The predicted octanol–water partition coefficient (Wildman–Crippen LogP) is 0.848. The molecule has 82 valence electrons. The molecule has 3 nitrogen and oxygen atoms in total. The molecule has 2 rings (SSSR count). The van der Waals surface area contributed by atoms with Crippen molar-refractivity contribution in [3.05, 3.63) is 0 Å². The number of likely N-dealkylation sites (N-methyl/N-ethyl adjacent to an activating group) is 1. The van der Waals surface area contributed by atoms with Crippen LogP contribution < -0.4 is 5.32 Å². The molecule has 0 aromatic heterocycles. The molecule has 0 aromatic rings. The Bertz CT molecular complexity index is 174. The lowest BCUT2D eigenvalue weighted by Crippen LogP contribution is -2.49. The van der Waals surface area contributed by atoms with Gasteiger partial charge in [0.15, 0.2) is 0 Å². The molecule has 0 bridgehead atoms. The van der Waals surface area contributed by atoms with Crippen LogP contribution >= 0.6 is 0 Å². The fourth-order valence-electron chi connectivity index (χ4n) is 2.50. The van der Waals surface area contributed by atoms with E-state index in [9.17, 15) is 0 Å². The molecule has 1 saturated heterocycles. The van der Waals surface area contributed by atoms with Gasteiger partial charge in [0.2, 0.25) is 0 Å². The second-order valence-electron chi connectivity index (χ2n) is 4.72. The van der Waals surface area contributed by atoms with Gasteiger partial charge in [0.25, 0.3) is 0 Å². The Hall–Kier alpha value is -0.120. The van der Waals surface area contributed by atoms with Gasteiger partial charge in [-0.1, -0.05) is 0 Å². The van der Waals surface area contributed by atoms with Crippen LogP contribution in [0.25, 0.3) is 0 Å². The van der Waals surface area contributed by atoms with Crippen molar-refractivity contribution in [3.8, 4) is 0 Å². The minimum absolute atomic E-state index is 0.527. The highest BCUT2D eigenvalue weighted by molar-refractivity contribution is 4.89. The van der Waals surface area contributed by atoms with Crippen molar-refractivity contribution in [3.63, 3.8) is 0 Å². The lowest BCUT2D eigenvalue weighted by atomic mass is 9.88. The van der Waals surface area contributed by atoms with E-state index in [1.54, 1.807) is 0 Å². The van der Waals surface area contributed by atoms with Crippen molar-refractivity contribution in [2.45, 2.75) is 43.9 Å². The Morgan fingerprint density at radius 1 is 1.43 bits per heavy atom. The van der Waals surface area contributed by atoms with Crippen molar-refractivity contribution >= 4 is 0 Å². The Morgan fingerprint density at radius 2 is 2.21 bits per heavy atom. The van der Waals surface area contributed by atoms with Crippen LogP contribution in [0.2, 0.25) is 0 Å². The minimum atomic E-state index is 0.527. The first-order valence-electron chi connectivity index (χ1n) is 5.76. The van der Waals surface area contributed by atoms with E-state index in [1.807, 2.05) is 7.11 Å². The SMILES string of the molecule is COC1CC(N(C)CC2CCCN2)C1. The topological polar surface area (TPSA) is 24.5 Å². The summed E-state index contributed by atoms with van der Waals surface area (Å²) in [4.78, 5) is 2.50. The molecular weight excluding hydrogens is 176 g/mol. The summed E-state index contributed by atoms with van der Waals surface area (Å²) >= 11 is 0. The van der Waals surface area contributed by atoms with Crippen LogP contribution in [0.1, 0.15) is 25.7 Å². The second-order valence-corrected chi connectivity index (χ2v) is 4.72. The molecule has 1 unspecified atom stereocenters. The third kappa shape index (κ3) is 2.27. The van der Waals surface area contributed by atoms with E-state index in [-0.39, 0.29) is 0 Å². The molecule has 1 aliphatic heterocycles. The van der Waals surface area contributed by atoms with E-state index in [1.165, 1.54) is 38.8 Å². The number of rotatable bonds is 4. The molecule has 1 saturated carbocycles. The normalized spacial score (nSPS) is 37.5. The van der Waals surface area contributed by atoms with E-state index < -0.39 is 0 Å². The average Bonchev–Trinajstić information content (AvgIpc) is 2.54. The largest absolute Gasteiger partial charge is 0.381 e. The van der Waals surface area contributed by atoms with Gasteiger partial charge in [0.05, 0.1) is 6.10 Å². The summed E-state index contributed by atoms with van der Waals surface area (Å²) in [5.74, 6) is 0. The van der Waals surface area contributed by atoms with Crippen LogP contribution in [0.15, 0.2) is 0 Å². The number of methoxy groups -OCH3 is 1. The quantitative estimate of drug-likeness (QED) is 0.725. The molecule has 0 aromatic carbocycles. The molecule has 1 heterocycles. The van der Waals surface area contributed by atoms with Crippen LogP contribution in [-0.4, -0.2) is 50.3 Å². The number of hydrogen-bond acceptors (Lipinski definition) is 3. The summed E-state index contributed by atoms with van der Waals surface area (Å²) in [6.45, 7) is 2.42. The molecule has 14 heavy (non-hydrogen) atoms. The Balaban J connectivity index is 1.66. The monoisotopic (exact) mass is 198 g/mol. The summed E-state index contributed by atoms with van der Waals surface area (Å²) in [6, 6.07) is 1.50. The molecule has 2 fully saturated rings. The molecule has 0 amide bonds. The van der Waals surface area contributed by atoms with Crippen LogP contribution in [0.5, 0.6) is 0 Å². The van der Waals surface area contributed by atoms with Crippen molar-refractivity contribution in [1.29, 1.82) is 0 Å². The summed E-state index contributed by atoms with van der Waals surface area (Å²) < 4.78 is 5.29. The molecule has 1 N–H and O–H groups in total.